The van der Waals surface area contributed by atoms with Gasteiger partial charge in [0.05, 0.1) is 15.8 Å². The Morgan fingerprint density at radius 1 is 1.47 bits per heavy atom. The number of rotatable bonds is 3. The summed E-state index contributed by atoms with van der Waals surface area (Å²) in [7, 11) is 0. The van der Waals surface area contributed by atoms with Crippen LogP contribution >= 0.6 is 22.9 Å². The first-order chi connectivity index (χ1) is 9.02. The molecule has 0 amide bonds. The van der Waals surface area contributed by atoms with Gasteiger partial charge in [-0.3, -0.25) is 9.59 Å². The van der Waals surface area contributed by atoms with Gasteiger partial charge in [-0.1, -0.05) is 11.6 Å². The molecule has 2 rings (SSSR count). The van der Waals surface area contributed by atoms with Crippen molar-refractivity contribution in [3.63, 3.8) is 0 Å². The maximum absolute atomic E-state index is 12.0. The van der Waals surface area contributed by atoms with E-state index in [4.69, 9.17) is 16.9 Å². The third kappa shape index (κ3) is 2.75. The standard InChI is InChI=1S/C13H9ClN2O2S/c1-8-4-5-16(13(18)9(8)6-15)7-10(17)11-2-3-12(14)19-11/h2-5H,7H2,1H3. The Kier molecular flexibility index (Phi) is 3.84. The molecule has 0 spiro atoms. The molecule has 19 heavy (non-hydrogen) atoms. The third-order valence-electron chi connectivity index (χ3n) is 2.65. The van der Waals surface area contributed by atoms with Crippen molar-refractivity contribution in [1.29, 1.82) is 5.26 Å². The summed E-state index contributed by atoms with van der Waals surface area (Å²) < 4.78 is 1.76. The summed E-state index contributed by atoms with van der Waals surface area (Å²) in [4.78, 5) is 24.4. The molecule has 0 N–H and O–H groups in total. The fourth-order valence-corrected chi connectivity index (χ4v) is 2.60. The van der Waals surface area contributed by atoms with Gasteiger partial charge >= 0.3 is 0 Å². The average Bonchev–Trinajstić information content (AvgIpc) is 2.80. The molecular formula is C13H9ClN2O2S. The number of thiophene rings is 1. The second kappa shape index (κ2) is 5.39. The molecule has 0 aliphatic carbocycles. The van der Waals surface area contributed by atoms with E-state index < -0.39 is 5.56 Å². The highest BCUT2D eigenvalue weighted by Crippen LogP contribution is 2.22. The van der Waals surface area contributed by atoms with Crippen molar-refractivity contribution in [2.24, 2.45) is 0 Å². The molecule has 0 radical (unpaired) electrons. The molecule has 2 aromatic heterocycles. The molecular weight excluding hydrogens is 284 g/mol. The number of carbonyl (C=O) groups is 1. The maximum atomic E-state index is 12.0. The van der Waals surface area contributed by atoms with Crippen LogP contribution in [0, 0.1) is 18.3 Å². The molecule has 0 aromatic carbocycles. The first-order valence-electron chi connectivity index (χ1n) is 5.41. The number of Topliss-reactive ketones (excluding diaryl/α,β-unsaturated/α-hetero) is 1. The van der Waals surface area contributed by atoms with Crippen LogP contribution in [0.25, 0.3) is 0 Å². The number of aryl methyl sites for hydroxylation is 1. The first kappa shape index (κ1) is 13.5. The van der Waals surface area contributed by atoms with Crippen LogP contribution in [0.1, 0.15) is 20.8 Å². The SMILES string of the molecule is Cc1ccn(CC(=O)c2ccc(Cl)s2)c(=O)c1C#N. The molecule has 96 valence electrons. The van der Waals surface area contributed by atoms with Crippen LogP contribution < -0.4 is 5.56 Å². The van der Waals surface area contributed by atoms with Crippen LogP contribution in [0.3, 0.4) is 0 Å². The third-order valence-corrected chi connectivity index (χ3v) is 3.92. The Bertz CT molecular complexity index is 740. The van der Waals surface area contributed by atoms with Crippen molar-refractivity contribution in [3.05, 3.63) is 55.1 Å². The van der Waals surface area contributed by atoms with Crippen molar-refractivity contribution in [2.45, 2.75) is 13.5 Å². The zero-order valence-corrected chi connectivity index (χ0v) is 11.6. The smallest absolute Gasteiger partial charge is 0.269 e. The second-order valence-corrected chi connectivity index (χ2v) is 5.66. The Morgan fingerprint density at radius 3 is 2.79 bits per heavy atom. The van der Waals surface area contributed by atoms with E-state index in [0.29, 0.717) is 14.8 Å². The molecule has 0 aliphatic rings. The lowest BCUT2D eigenvalue weighted by Crippen LogP contribution is -2.26. The zero-order chi connectivity index (χ0) is 14.0. The maximum Gasteiger partial charge on any atom is 0.269 e. The van der Waals surface area contributed by atoms with E-state index >= 15 is 0 Å². The van der Waals surface area contributed by atoms with Crippen molar-refractivity contribution in [3.8, 4) is 6.07 Å². The Morgan fingerprint density at radius 2 is 2.21 bits per heavy atom. The zero-order valence-electron chi connectivity index (χ0n) is 10.0. The van der Waals surface area contributed by atoms with E-state index in [2.05, 4.69) is 0 Å². The van der Waals surface area contributed by atoms with Gasteiger partial charge in [-0.05, 0) is 30.7 Å². The number of nitriles is 1. The van der Waals surface area contributed by atoms with E-state index in [1.807, 2.05) is 6.07 Å². The van der Waals surface area contributed by atoms with Crippen LogP contribution in [-0.2, 0) is 6.54 Å². The molecule has 0 bridgehead atoms. The van der Waals surface area contributed by atoms with E-state index in [9.17, 15) is 9.59 Å². The quantitative estimate of drug-likeness (QED) is 0.817. The Labute approximate surface area is 118 Å². The van der Waals surface area contributed by atoms with Crippen molar-refractivity contribution in [2.75, 3.05) is 0 Å². The van der Waals surface area contributed by atoms with E-state index in [1.54, 1.807) is 25.1 Å². The van der Waals surface area contributed by atoms with Crippen LogP contribution in [0.2, 0.25) is 4.34 Å². The highest BCUT2D eigenvalue weighted by Gasteiger charge is 2.12. The Hall–Kier alpha value is -1.90. The van der Waals surface area contributed by atoms with Crippen molar-refractivity contribution < 1.29 is 4.79 Å². The summed E-state index contributed by atoms with van der Waals surface area (Å²) in [6, 6.07) is 6.77. The van der Waals surface area contributed by atoms with Crippen molar-refractivity contribution >= 4 is 28.7 Å². The minimum atomic E-state index is -0.446. The average molecular weight is 293 g/mol. The van der Waals surface area contributed by atoms with E-state index in [-0.39, 0.29) is 17.9 Å². The molecule has 4 nitrogen and oxygen atoms in total. The number of pyridine rings is 1. The minimum absolute atomic E-state index is 0.0690. The largest absolute Gasteiger partial charge is 0.307 e. The van der Waals surface area contributed by atoms with Crippen LogP contribution in [0.5, 0.6) is 0 Å². The molecule has 0 atom stereocenters. The minimum Gasteiger partial charge on any atom is -0.307 e. The Balaban J connectivity index is 2.33. The molecule has 0 unspecified atom stereocenters. The fraction of sp³-hybridized carbons (Fsp3) is 0.154. The summed E-state index contributed by atoms with van der Waals surface area (Å²) in [5.41, 5.74) is 0.230. The number of hydrogen-bond acceptors (Lipinski definition) is 4. The van der Waals surface area contributed by atoms with Gasteiger partial charge in [-0.25, -0.2) is 0 Å². The lowest BCUT2D eigenvalue weighted by Gasteiger charge is -2.05. The van der Waals surface area contributed by atoms with Gasteiger partial charge in [0.15, 0.2) is 5.78 Å². The number of ketones is 1. The van der Waals surface area contributed by atoms with Gasteiger partial charge < -0.3 is 4.57 Å². The molecule has 0 saturated heterocycles. The number of halogens is 1. The topological polar surface area (TPSA) is 62.9 Å². The van der Waals surface area contributed by atoms with Gasteiger partial charge in [-0.2, -0.15) is 5.26 Å². The summed E-state index contributed by atoms with van der Waals surface area (Å²) in [6.45, 7) is 1.59. The van der Waals surface area contributed by atoms with Gasteiger partial charge in [0.2, 0.25) is 0 Å². The lowest BCUT2D eigenvalue weighted by atomic mass is 10.2. The predicted octanol–water partition coefficient (Wildman–Crippen LogP) is 2.63. The van der Waals surface area contributed by atoms with E-state index in [1.165, 1.54) is 22.1 Å². The molecule has 0 fully saturated rings. The van der Waals surface area contributed by atoms with Crippen LogP contribution in [0.4, 0.5) is 0 Å². The second-order valence-electron chi connectivity index (χ2n) is 3.95. The van der Waals surface area contributed by atoms with Gasteiger partial charge in [0.25, 0.3) is 5.56 Å². The molecule has 0 aliphatic heterocycles. The highest BCUT2D eigenvalue weighted by molar-refractivity contribution is 7.18. The summed E-state index contributed by atoms with van der Waals surface area (Å²) in [6.07, 6.45) is 1.52. The first-order valence-corrected chi connectivity index (χ1v) is 6.61. The van der Waals surface area contributed by atoms with E-state index in [0.717, 1.165) is 0 Å². The molecule has 2 aromatic rings. The predicted molar refractivity (Wildman–Crippen MR) is 73.8 cm³/mol. The van der Waals surface area contributed by atoms with Crippen LogP contribution in [-0.4, -0.2) is 10.4 Å². The van der Waals surface area contributed by atoms with Crippen LogP contribution in [0.15, 0.2) is 29.2 Å². The number of carbonyl (C=O) groups excluding carboxylic acids is 1. The van der Waals surface area contributed by atoms with Gasteiger partial charge in [0.1, 0.15) is 11.6 Å². The number of hydrogen-bond donors (Lipinski definition) is 0. The normalized spacial score (nSPS) is 10.2. The van der Waals surface area contributed by atoms with Gasteiger partial charge in [-0.15, -0.1) is 11.3 Å². The highest BCUT2D eigenvalue weighted by atomic mass is 35.5. The molecule has 6 heteroatoms. The summed E-state index contributed by atoms with van der Waals surface area (Å²) in [5.74, 6) is -0.202. The number of aromatic nitrogens is 1. The van der Waals surface area contributed by atoms with Crippen molar-refractivity contribution in [1.82, 2.24) is 4.57 Å². The summed E-state index contributed by atoms with van der Waals surface area (Å²) >= 11 is 6.93. The molecule has 2 heterocycles. The van der Waals surface area contributed by atoms with Gasteiger partial charge in [0, 0.05) is 6.20 Å². The number of nitrogens with zero attached hydrogens (tertiary/aromatic N) is 2. The summed E-state index contributed by atoms with van der Waals surface area (Å²) in [5, 5.41) is 8.91. The molecule has 0 saturated carbocycles. The monoisotopic (exact) mass is 292 g/mol. The fourth-order valence-electron chi connectivity index (χ4n) is 1.62. The lowest BCUT2D eigenvalue weighted by molar-refractivity contribution is 0.0975.